The predicted octanol–water partition coefficient (Wildman–Crippen LogP) is 2.20. The van der Waals surface area contributed by atoms with E-state index in [2.05, 4.69) is 9.71 Å². The predicted molar refractivity (Wildman–Crippen MR) is 102 cm³/mol. The topological polar surface area (TPSA) is 88.3 Å². The summed E-state index contributed by atoms with van der Waals surface area (Å²) in [6.07, 6.45) is 0.362. The van der Waals surface area contributed by atoms with Crippen LogP contribution in [-0.2, 0) is 23.0 Å². The zero-order chi connectivity index (χ0) is 18.6. The first-order chi connectivity index (χ1) is 12.5. The van der Waals surface area contributed by atoms with Crippen molar-refractivity contribution < 1.29 is 13.2 Å². The van der Waals surface area contributed by atoms with Crippen molar-refractivity contribution in [1.82, 2.24) is 9.71 Å². The molecule has 0 amide bonds. The number of hydrogen-bond donors (Lipinski definition) is 2. The number of aryl methyl sites for hydroxylation is 1. The Labute approximate surface area is 151 Å². The van der Waals surface area contributed by atoms with E-state index in [0.717, 1.165) is 16.5 Å². The van der Waals surface area contributed by atoms with E-state index in [-0.39, 0.29) is 17.9 Å². The molecule has 0 aliphatic heterocycles. The quantitative estimate of drug-likeness (QED) is 0.665. The normalized spacial score (nSPS) is 11.6. The number of fused-ring (bicyclic) bond motifs is 1. The molecule has 2 N–H and O–H groups in total. The SMILES string of the molecule is COc1cccc(CCS(=O)(=O)NCc2cc3ccccc3[nH]c2=O)c1. The largest absolute Gasteiger partial charge is 0.497 e. The first-order valence-corrected chi connectivity index (χ1v) is 9.83. The lowest BCUT2D eigenvalue weighted by Crippen LogP contribution is -2.29. The number of benzene rings is 2. The number of sulfonamides is 1. The van der Waals surface area contributed by atoms with Crippen molar-refractivity contribution >= 4 is 20.9 Å². The van der Waals surface area contributed by atoms with E-state index in [0.29, 0.717) is 17.7 Å². The first kappa shape index (κ1) is 18.2. The summed E-state index contributed by atoms with van der Waals surface area (Å²) in [4.78, 5) is 14.9. The summed E-state index contributed by atoms with van der Waals surface area (Å²) in [6, 6.07) is 16.4. The van der Waals surface area contributed by atoms with Crippen LogP contribution in [-0.4, -0.2) is 26.3 Å². The maximum Gasteiger partial charge on any atom is 0.252 e. The van der Waals surface area contributed by atoms with Gasteiger partial charge in [0, 0.05) is 17.6 Å². The van der Waals surface area contributed by atoms with E-state index < -0.39 is 10.0 Å². The molecule has 0 saturated heterocycles. The highest BCUT2D eigenvalue weighted by Crippen LogP contribution is 2.14. The summed E-state index contributed by atoms with van der Waals surface area (Å²) in [5.74, 6) is 0.626. The Kier molecular flexibility index (Phi) is 5.39. The minimum Gasteiger partial charge on any atom is -0.497 e. The number of para-hydroxylation sites is 1. The number of ether oxygens (including phenoxy) is 1. The molecule has 0 spiro atoms. The van der Waals surface area contributed by atoms with Gasteiger partial charge in [0.1, 0.15) is 5.75 Å². The monoisotopic (exact) mass is 372 g/mol. The fourth-order valence-electron chi connectivity index (χ4n) is 2.66. The van der Waals surface area contributed by atoms with Gasteiger partial charge in [0.25, 0.3) is 5.56 Å². The highest BCUT2D eigenvalue weighted by Gasteiger charge is 2.12. The number of rotatable bonds is 7. The van der Waals surface area contributed by atoms with E-state index in [1.54, 1.807) is 19.2 Å². The van der Waals surface area contributed by atoms with E-state index in [4.69, 9.17) is 4.74 Å². The lowest BCUT2D eigenvalue weighted by Gasteiger charge is -2.08. The molecule has 2 aromatic carbocycles. The molecule has 1 heterocycles. The molecule has 26 heavy (non-hydrogen) atoms. The van der Waals surface area contributed by atoms with Gasteiger partial charge in [-0.25, -0.2) is 13.1 Å². The standard InChI is InChI=1S/C19H20N2O4S/c1-25-17-7-4-5-14(11-17)9-10-26(23,24)20-13-16-12-15-6-2-3-8-18(15)21-19(16)22/h2-8,11-12,20H,9-10,13H2,1H3,(H,21,22). The van der Waals surface area contributed by atoms with Crippen molar-refractivity contribution in [3.05, 3.63) is 76.1 Å². The first-order valence-electron chi connectivity index (χ1n) is 8.18. The number of H-pyrrole nitrogens is 1. The van der Waals surface area contributed by atoms with Gasteiger partial charge in [-0.15, -0.1) is 0 Å². The van der Waals surface area contributed by atoms with Crippen molar-refractivity contribution in [2.45, 2.75) is 13.0 Å². The minimum atomic E-state index is -3.51. The Morgan fingerprint density at radius 1 is 1.08 bits per heavy atom. The van der Waals surface area contributed by atoms with E-state index in [9.17, 15) is 13.2 Å². The highest BCUT2D eigenvalue weighted by molar-refractivity contribution is 7.89. The van der Waals surface area contributed by atoms with Gasteiger partial charge in [0.15, 0.2) is 0 Å². The number of aromatic amines is 1. The van der Waals surface area contributed by atoms with Crippen LogP contribution in [0, 0.1) is 0 Å². The van der Waals surface area contributed by atoms with Crippen LogP contribution in [0.3, 0.4) is 0 Å². The Hall–Kier alpha value is -2.64. The van der Waals surface area contributed by atoms with Gasteiger partial charge in [-0.2, -0.15) is 0 Å². The number of methoxy groups -OCH3 is 1. The molecule has 136 valence electrons. The fourth-order valence-corrected chi connectivity index (χ4v) is 3.69. The van der Waals surface area contributed by atoms with Crippen molar-refractivity contribution in [1.29, 1.82) is 0 Å². The third-order valence-corrected chi connectivity index (χ3v) is 5.43. The Morgan fingerprint density at radius 2 is 1.88 bits per heavy atom. The van der Waals surface area contributed by atoms with E-state index in [1.807, 2.05) is 42.5 Å². The van der Waals surface area contributed by atoms with Crippen LogP contribution in [0.1, 0.15) is 11.1 Å². The average molecular weight is 372 g/mol. The lowest BCUT2D eigenvalue weighted by atomic mass is 10.1. The van der Waals surface area contributed by atoms with Crippen LogP contribution in [0.15, 0.2) is 59.4 Å². The van der Waals surface area contributed by atoms with Gasteiger partial charge in [-0.05, 0) is 41.6 Å². The summed E-state index contributed by atoms with van der Waals surface area (Å²) >= 11 is 0. The molecule has 0 aliphatic carbocycles. The molecule has 0 saturated carbocycles. The summed E-state index contributed by atoms with van der Waals surface area (Å²) in [7, 11) is -1.94. The molecule has 0 atom stereocenters. The van der Waals surface area contributed by atoms with E-state index in [1.165, 1.54) is 0 Å². The third kappa shape index (κ3) is 4.50. The van der Waals surface area contributed by atoms with Gasteiger partial charge in [0.05, 0.1) is 12.9 Å². The van der Waals surface area contributed by atoms with Crippen molar-refractivity contribution in [3.8, 4) is 5.75 Å². The van der Waals surface area contributed by atoms with Crippen LogP contribution in [0.5, 0.6) is 5.75 Å². The van der Waals surface area contributed by atoms with Crippen LogP contribution >= 0.6 is 0 Å². The molecule has 6 nitrogen and oxygen atoms in total. The molecule has 7 heteroatoms. The third-order valence-electron chi connectivity index (χ3n) is 4.11. The summed E-state index contributed by atoms with van der Waals surface area (Å²) < 4.78 is 32.1. The Bertz CT molecular complexity index is 1070. The molecule has 0 unspecified atom stereocenters. The van der Waals surface area contributed by atoms with Crippen molar-refractivity contribution in [2.24, 2.45) is 0 Å². The van der Waals surface area contributed by atoms with Gasteiger partial charge >= 0.3 is 0 Å². The minimum absolute atomic E-state index is 0.0411. The van der Waals surface area contributed by atoms with Gasteiger partial charge in [-0.3, -0.25) is 4.79 Å². The van der Waals surface area contributed by atoms with Gasteiger partial charge in [0.2, 0.25) is 10.0 Å². The highest BCUT2D eigenvalue weighted by atomic mass is 32.2. The fraction of sp³-hybridized carbons (Fsp3) is 0.211. The van der Waals surface area contributed by atoms with Crippen LogP contribution in [0.4, 0.5) is 0 Å². The Balaban J connectivity index is 1.66. The van der Waals surface area contributed by atoms with Gasteiger partial charge < -0.3 is 9.72 Å². The molecule has 0 bridgehead atoms. The number of aromatic nitrogens is 1. The molecule has 0 aliphatic rings. The summed E-state index contributed by atoms with van der Waals surface area (Å²) in [5.41, 5.74) is 1.69. The smallest absolute Gasteiger partial charge is 0.252 e. The van der Waals surface area contributed by atoms with Gasteiger partial charge in [-0.1, -0.05) is 30.3 Å². The number of hydrogen-bond acceptors (Lipinski definition) is 4. The number of nitrogens with one attached hydrogen (secondary N) is 2. The average Bonchev–Trinajstić information content (AvgIpc) is 2.65. The second-order valence-corrected chi connectivity index (χ2v) is 7.88. The van der Waals surface area contributed by atoms with Crippen LogP contribution in [0.25, 0.3) is 10.9 Å². The maximum atomic E-state index is 12.3. The van der Waals surface area contributed by atoms with Crippen LogP contribution < -0.4 is 15.0 Å². The summed E-state index contributed by atoms with van der Waals surface area (Å²) in [5, 5.41) is 0.859. The van der Waals surface area contributed by atoms with Crippen molar-refractivity contribution in [2.75, 3.05) is 12.9 Å². The zero-order valence-corrected chi connectivity index (χ0v) is 15.2. The molecule has 0 fully saturated rings. The molecule has 1 aromatic heterocycles. The Morgan fingerprint density at radius 3 is 2.69 bits per heavy atom. The summed E-state index contributed by atoms with van der Waals surface area (Å²) in [6.45, 7) is -0.0411. The van der Waals surface area contributed by atoms with Crippen LogP contribution in [0.2, 0.25) is 0 Å². The lowest BCUT2D eigenvalue weighted by molar-refractivity contribution is 0.414. The molecular formula is C19H20N2O4S. The molecular weight excluding hydrogens is 352 g/mol. The second kappa shape index (κ2) is 7.72. The van der Waals surface area contributed by atoms with Crippen molar-refractivity contribution in [3.63, 3.8) is 0 Å². The zero-order valence-electron chi connectivity index (χ0n) is 14.4. The molecule has 3 aromatic rings. The molecule has 3 rings (SSSR count). The molecule has 0 radical (unpaired) electrons. The number of pyridine rings is 1. The second-order valence-electron chi connectivity index (χ2n) is 5.95. The maximum absolute atomic E-state index is 12.3. The van der Waals surface area contributed by atoms with E-state index >= 15 is 0 Å².